The van der Waals surface area contributed by atoms with Crippen molar-refractivity contribution in [3.8, 4) is 33.4 Å². The summed E-state index contributed by atoms with van der Waals surface area (Å²) in [6.07, 6.45) is 0. The lowest BCUT2D eigenvalue weighted by molar-refractivity contribution is 1.61. The smallest absolute Gasteiger partial charge is 0.0638 e. The summed E-state index contributed by atoms with van der Waals surface area (Å²) < 4.78 is 35.7. The van der Waals surface area contributed by atoms with Crippen LogP contribution in [-0.2, 0) is 0 Å². The molecule has 2 heteroatoms. The standard InChI is InChI=1S/C30H19ClS/c31-23-17-15-22(16-18-23)28-25(20-9-3-1-4-10-20)19-26(21-11-5-2-6-12-21)30-29(28)24-13-7-8-14-27(24)32-30/h1-19H/i7D,8D,13D,14D. The van der Waals surface area contributed by atoms with Gasteiger partial charge >= 0.3 is 0 Å². The van der Waals surface area contributed by atoms with E-state index in [9.17, 15) is 0 Å². The van der Waals surface area contributed by atoms with E-state index in [0.717, 1.165) is 43.5 Å². The van der Waals surface area contributed by atoms with Crippen LogP contribution in [0.4, 0.5) is 0 Å². The third kappa shape index (κ3) is 3.22. The molecule has 0 nitrogen and oxygen atoms in total. The summed E-state index contributed by atoms with van der Waals surface area (Å²) in [5.74, 6) is 0. The second kappa shape index (κ2) is 7.94. The Morgan fingerprint density at radius 1 is 0.656 bits per heavy atom. The number of halogens is 1. The van der Waals surface area contributed by atoms with E-state index in [4.69, 9.17) is 17.1 Å². The Labute approximate surface area is 202 Å². The first kappa shape index (κ1) is 15.4. The second-order valence-electron chi connectivity index (χ2n) is 7.60. The van der Waals surface area contributed by atoms with Crippen molar-refractivity contribution in [3.05, 3.63) is 120 Å². The molecule has 5 aromatic carbocycles. The SMILES string of the molecule is [2H]c1c([2H])c([2H])c2c(sc3c(-c4ccccc4)cc(-c4ccccc4)c(-c4ccc(Cl)cc4)c32)c1[2H]. The zero-order valence-corrected chi connectivity index (χ0v) is 18.5. The van der Waals surface area contributed by atoms with Gasteiger partial charge in [-0.05, 0) is 52.1 Å². The maximum absolute atomic E-state index is 8.86. The number of benzene rings is 5. The Morgan fingerprint density at radius 2 is 1.28 bits per heavy atom. The Morgan fingerprint density at radius 3 is 1.97 bits per heavy atom. The molecule has 0 saturated carbocycles. The van der Waals surface area contributed by atoms with Gasteiger partial charge in [0.05, 0.1) is 5.48 Å². The minimum atomic E-state index is -0.222. The fourth-order valence-corrected chi connectivity index (χ4v) is 5.54. The van der Waals surface area contributed by atoms with E-state index in [1.807, 2.05) is 60.7 Å². The molecule has 0 fully saturated rings. The summed E-state index contributed by atoms with van der Waals surface area (Å²) in [6.45, 7) is 0. The summed E-state index contributed by atoms with van der Waals surface area (Å²) in [6, 6.07) is 29.6. The largest absolute Gasteiger partial charge is 0.135 e. The molecule has 0 unspecified atom stereocenters. The van der Waals surface area contributed by atoms with E-state index in [1.54, 1.807) is 0 Å². The van der Waals surface area contributed by atoms with Crippen molar-refractivity contribution in [2.24, 2.45) is 0 Å². The average molecular weight is 451 g/mol. The molecule has 0 N–H and O–H groups in total. The lowest BCUT2D eigenvalue weighted by Gasteiger charge is -2.16. The molecule has 0 aliphatic carbocycles. The number of hydrogen-bond acceptors (Lipinski definition) is 1. The fourth-order valence-electron chi connectivity index (χ4n) is 4.26. The molecule has 0 radical (unpaired) electrons. The van der Waals surface area contributed by atoms with Gasteiger partial charge < -0.3 is 0 Å². The van der Waals surface area contributed by atoms with Crippen LogP contribution in [0.2, 0.25) is 5.02 Å². The van der Waals surface area contributed by atoms with Crippen LogP contribution < -0.4 is 0 Å². The zero-order chi connectivity index (χ0) is 25.0. The number of rotatable bonds is 3. The van der Waals surface area contributed by atoms with Gasteiger partial charge in [-0.3, -0.25) is 0 Å². The zero-order valence-electron chi connectivity index (χ0n) is 20.9. The van der Waals surface area contributed by atoms with Crippen molar-refractivity contribution in [2.75, 3.05) is 0 Å². The summed E-state index contributed by atoms with van der Waals surface area (Å²) in [5, 5.41) is 2.03. The van der Waals surface area contributed by atoms with Crippen molar-refractivity contribution < 1.29 is 5.48 Å². The van der Waals surface area contributed by atoms with Crippen LogP contribution in [-0.4, -0.2) is 0 Å². The first-order chi connectivity index (χ1) is 17.5. The second-order valence-corrected chi connectivity index (χ2v) is 9.05. The van der Waals surface area contributed by atoms with Crippen molar-refractivity contribution in [2.45, 2.75) is 0 Å². The Balaban J connectivity index is 1.90. The van der Waals surface area contributed by atoms with E-state index in [-0.39, 0.29) is 24.2 Å². The minimum absolute atomic E-state index is 0.00507. The highest BCUT2D eigenvalue weighted by Crippen LogP contribution is 2.49. The van der Waals surface area contributed by atoms with Crippen LogP contribution >= 0.6 is 22.9 Å². The topological polar surface area (TPSA) is 0 Å². The fraction of sp³-hybridized carbons (Fsp3) is 0. The Hall–Kier alpha value is -3.39. The molecule has 0 amide bonds. The molecule has 1 aromatic heterocycles. The van der Waals surface area contributed by atoms with Crippen LogP contribution in [0, 0.1) is 0 Å². The van der Waals surface area contributed by atoms with Gasteiger partial charge in [0.2, 0.25) is 0 Å². The lowest BCUT2D eigenvalue weighted by Crippen LogP contribution is -1.90. The van der Waals surface area contributed by atoms with Gasteiger partial charge in [-0.1, -0.05) is 103 Å². The molecule has 0 aliphatic heterocycles. The molecule has 32 heavy (non-hydrogen) atoms. The van der Waals surface area contributed by atoms with Gasteiger partial charge in [-0.25, -0.2) is 0 Å². The molecule has 6 aromatic rings. The highest BCUT2D eigenvalue weighted by atomic mass is 35.5. The van der Waals surface area contributed by atoms with Gasteiger partial charge in [0.1, 0.15) is 0 Å². The third-order valence-electron chi connectivity index (χ3n) is 5.69. The maximum atomic E-state index is 8.86. The van der Waals surface area contributed by atoms with E-state index in [0.29, 0.717) is 15.1 Å². The summed E-state index contributed by atoms with van der Waals surface area (Å²) in [4.78, 5) is 0. The molecule has 0 atom stereocenters. The molecule has 1 heterocycles. The molecule has 0 spiro atoms. The maximum Gasteiger partial charge on any atom is 0.0638 e. The molecule has 0 aliphatic rings. The predicted octanol–water partition coefficient (Wildman–Crippen LogP) is 9.71. The minimum Gasteiger partial charge on any atom is -0.135 e. The summed E-state index contributed by atoms with van der Waals surface area (Å²) in [5.41, 5.74) is 5.93. The predicted molar refractivity (Wildman–Crippen MR) is 141 cm³/mol. The molecule has 0 bridgehead atoms. The van der Waals surface area contributed by atoms with Crippen LogP contribution in [0.1, 0.15) is 5.48 Å². The molecule has 0 saturated heterocycles. The highest BCUT2D eigenvalue weighted by molar-refractivity contribution is 7.26. The summed E-state index contributed by atoms with van der Waals surface area (Å²) in [7, 11) is 0. The first-order valence-electron chi connectivity index (χ1n) is 12.3. The molecule has 152 valence electrons. The van der Waals surface area contributed by atoms with Crippen molar-refractivity contribution in [3.63, 3.8) is 0 Å². The van der Waals surface area contributed by atoms with Gasteiger partial charge in [0.15, 0.2) is 0 Å². The van der Waals surface area contributed by atoms with Gasteiger partial charge in [-0.15, -0.1) is 11.3 Å². The van der Waals surface area contributed by atoms with Crippen molar-refractivity contribution in [1.29, 1.82) is 0 Å². The van der Waals surface area contributed by atoms with Crippen LogP contribution in [0.25, 0.3) is 53.6 Å². The molecular weight excluding hydrogens is 428 g/mol. The van der Waals surface area contributed by atoms with Crippen LogP contribution in [0.3, 0.4) is 0 Å². The van der Waals surface area contributed by atoms with E-state index < -0.39 is 0 Å². The van der Waals surface area contributed by atoms with Crippen LogP contribution in [0.5, 0.6) is 0 Å². The molecular formula is C30H19ClS. The summed E-state index contributed by atoms with van der Waals surface area (Å²) >= 11 is 7.66. The lowest BCUT2D eigenvalue weighted by atomic mass is 9.87. The van der Waals surface area contributed by atoms with Crippen molar-refractivity contribution in [1.82, 2.24) is 0 Å². The first-order valence-corrected chi connectivity index (χ1v) is 11.5. The van der Waals surface area contributed by atoms with E-state index in [2.05, 4.69) is 30.3 Å². The number of hydrogen-bond donors (Lipinski definition) is 0. The van der Waals surface area contributed by atoms with Gasteiger partial charge in [0.25, 0.3) is 0 Å². The van der Waals surface area contributed by atoms with E-state index in [1.165, 1.54) is 11.3 Å². The third-order valence-corrected chi connectivity index (χ3v) is 7.08. The number of thiophene rings is 1. The average Bonchev–Trinajstić information content (AvgIpc) is 3.32. The van der Waals surface area contributed by atoms with Gasteiger partial charge in [0, 0.05) is 30.8 Å². The quantitative estimate of drug-likeness (QED) is 0.251. The van der Waals surface area contributed by atoms with Crippen LogP contribution in [0.15, 0.2) is 115 Å². The number of fused-ring (bicyclic) bond motifs is 3. The van der Waals surface area contributed by atoms with Gasteiger partial charge in [-0.2, -0.15) is 0 Å². The Kier molecular flexibility index (Phi) is 3.83. The van der Waals surface area contributed by atoms with Crippen molar-refractivity contribution >= 4 is 43.1 Å². The monoisotopic (exact) mass is 450 g/mol. The Bertz CT molecular complexity index is 1760. The highest BCUT2D eigenvalue weighted by Gasteiger charge is 2.20. The molecule has 6 rings (SSSR count). The normalized spacial score (nSPS) is 13.0. The van der Waals surface area contributed by atoms with E-state index >= 15 is 0 Å².